The summed E-state index contributed by atoms with van der Waals surface area (Å²) in [5.41, 5.74) is 2.35. The Labute approximate surface area is 123 Å². The number of nitrogens with one attached hydrogen (secondary N) is 1. The first kappa shape index (κ1) is 13.5. The maximum Gasteiger partial charge on any atom is 0.146 e. The summed E-state index contributed by atoms with van der Waals surface area (Å²) in [6.45, 7) is 2.84. The molecular formula is C15H18N6. The van der Waals surface area contributed by atoms with Crippen LogP contribution in [0.5, 0.6) is 0 Å². The molecule has 21 heavy (non-hydrogen) atoms. The third-order valence-electron chi connectivity index (χ3n) is 3.57. The van der Waals surface area contributed by atoms with Crippen LogP contribution in [-0.2, 0) is 13.6 Å². The number of aryl methyl sites for hydroxylation is 1. The van der Waals surface area contributed by atoms with E-state index in [1.54, 1.807) is 18.9 Å². The molecule has 0 amide bonds. The van der Waals surface area contributed by atoms with Gasteiger partial charge < -0.3 is 14.5 Å². The second kappa shape index (κ2) is 5.88. The number of imidazole rings is 1. The summed E-state index contributed by atoms with van der Waals surface area (Å²) < 4.78 is 3.91. The Balaban J connectivity index is 1.65. The molecule has 0 radical (unpaired) electrons. The summed E-state index contributed by atoms with van der Waals surface area (Å²) in [7, 11) is 1.95. The first-order valence-corrected chi connectivity index (χ1v) is 6.88. The summed E-state index contributed by atoms with van der Waals surface area (Å²) in [5, 5.41) is 11.4. The lowest BCUT2D eigenvalue weighted by molar-refractivity contribution is 0.548. The molecule has 1 unspecified atom stereocenters. The Kier molecular flexibility index (Phi) is 3.79. The molecule has 3 rings (SSSR count). The predicted molar refractivity (Wildman–Crippen MR) is 79.8 cm³/mol. The van der Waals surface area contributed by atoms with Crippen LogP contribution in [0.2, 0.25) is 0 Å². The first-order valence-electron chi connectivity index (χ1n) is 6.88. The topological polar surface area (TPSA) is 60.6 Å². The number of aromatic nitrogens is 5. The first-order chi connectivity index (χ1) is 10.2. The maximum atomic E-state index is 4.07. The molecule has 0 aliphatic heterocycles. The van der Waals surface area contributed by atoms with Crippen molar-refractivity contribution >= 4 is 0 Å². The summed E-state index contributed by atoms with van der Waals surface area (Å²) >= 11 is 0. The number of benzene rings is 1. The molecule has 0 bridgehead atoms. The van der Waals surface area contributed by atoms with Gasteiger partial charge in [-0.15, -0.1) is 10.2 Å². The van der Waals surface area contributed by atoms with Gasteiger partial charge >= 0.3 is 0 Å². The Hall–Kier alpha value is -2.47. The molecule has 1 aromatic carbocycles. The van der Waals surface area contributed by atoms with Gasteiger partial charge in [0.25, 0.3) is 0 Å². The van der Waals surface area contributed by atoms with Crippen LogP contribution >= 0.6 is 0 Å². The fourth-order valence-electron chi connectivity index (χ4n) is 2.18. The smallest absolute Gasteiger partial charge is 0.146 e. The van der Waals surface area contributed by atoms with E-state index in [0.29, 0.717) is 6.54 Å². The molecule has 0 aliphatic rings. The predicted octanol–water partition coefficient (Wildman–Crippen LogP) is 1.85. The number of nitrogens with zero attached hydrogens (tertiary/aromatic N) is 5. The summed E-state index contributed by atoms with van der Waals surface area (Å²) in [4.78, 5) is 4.06. The lowest BCUT2D eigenvalue weighted by Crippen LogP contribution is -2.20. The van der Waals surface area contributed by atoms with Crippen molar-refractivity contribution in [2.24, 2.45) is 7.05 Å². The second-order valence-corrected chi connectivity index (χ2v) is 5.02. The second-order valence-electron chi connectivity index (χ2n) is 5.02. The normalized spacial score (nSPS) is 12.5. The van der Waals surface area contributed by atoms with Crippen molar-refractivity contribution in [2.75, 3.05) is 0 Å². The molecule has 6 nitrogen and oxygen atoms in total. The lowest BCUT2D eigenvalue weighted by Gasteiger charge is -2.14. The summed E-state index contributed by atoms with van der Waals surface area (Å²) in [5.74, 6) is 0.928. The molecule has 0 fully saturated rings. The highest BCUT2D eigenvalue weighted by Gasteiger charge is 2.07. The van der Waals surface area contributed by atoms with Crippen molar-refractivity contribution in [3.8, 4) is 5.69 Å². The lowest BCUT2D eigenvalue weighted by atomic mass is 10.1. The van der Waals surface area contributed by atoms with Gasteiger partial charge in [0, 0.05) is 31.2 Å². The van der Waals surface area contributed by atoms with Crippen LogP contribution in [0.1, 0.15) is 24.4 Å². The van der Waals surface area contributed by atoms with Crippen LogP contribution < -0.4 is 5.32 Å². The standard InChI is InChI=1S/C15H18N6/c1-12(17-9-15-19-18-11-20(15)2)13-3-5-14(6-4-13)21-8-7-16-10-21/h3-8,10-12,17H,9H2,1-2H3. The molecule has 1 atom stereocenters. The van der Waals surface area contributed by atoms with Crippen LogP contribution in [0.15, 0.2) is 49.3 Å². The summed E-state index contributed by atoms with van der Waals surface area (Å²) in [6.07, 6.45) is 7.22. The van der Waals surface area contributed by atoms with E-state index in [9.17, 15) is 0 Å². The maximum absolute atomic E-state index is 4.07. The molecule has 3 aromatic rings. The fraction of sp³-hybridized carbons (Fsp3) is 0.267. The monoisotopic (exact) mass is 282 g/mol. The largest absolute Gasteiger partial charge is 0.320 e. The van der Waals surface area contributed by atoms with Crippen LogP contribution in [-0.4, -0.2) is 24.3 Å². The average molecular weight is 282 g/mol. The van der Waals surface area contributed by atoms with Crippen LogP contribution in [0.25, 0.3) is 5.69 Å². The average Bonchev–Trinajstić information content (AvgIpc) is 3.17. The van der Waals surface area contributed by atoms with Gasteiger partial charge in [0.2, 0.25) is 0 Å². The van der Waals surface area contributed by atoms with Crippen LogP contribution in [0.4, 0.5) is 0 Å². The third-order valence-corrected chi connectivity index (χ3v) is 3.57. The van der Waals surface area contributed by atoms with Crippen molar-refractivity contribution in [3.05, 3.63) is 60.7 Å². The Morgan fingerprint density at radius 3 is 2.62 bits per heavy atom. The fourth-order valence-corrected chi connectivity index (χ4v) is 2.18. The van der Waals surface area contributed by atoms with Gasteiger partial charge in [0.05, 0.1) is 12.9 Å². The molecule has 1 N–H and O–H groups in total. The van der Waals surface area contributed by atoms with Crippen molar-refractivity contribution in [3.63, 3.8) is 0 Å². The highest BCUT2D eigenvalue weighted by Crippen LogP contribution is 2.16. The van der Waals surface area contributed by atoms with Gasteiger partial charge in [-0.1, -0.05) is 12.1 Å². The van der Waals surface area contributed by atoms with Gasteiger partial charge in [-0.3, -0.25) is 0 Å². The van der Waals surface area contributed by atoms with Crippen LogP contribution in [0, 0.1) is 0 Å². The molecule has 108 valence electrons. The number of rotatable bonds is 5. The SMILES string of the molecule is CC(NCc1nncn1C)c1ccc(-n2ccnc2)cc1. The third kappa shape index (κ3) is 3.00. The zero-order valence-corrected chi connectivity index (χ0v) is 12.1. The van der Waals surface area contributed by atoms with Crippen molar-refractivity contribution in [1.82, 2.24) is 29.6 Å². The Morgan fingerprint density at radius 2 is 2.00 bits per heavy atom. The van der Waals surface area contributed by atoms with E-state index < -0.39 is 0 Å². The molecule has 2 aromatic heterocycles. The quantitative estimate of drug-likeness (QED) is 0.776. The van der Waals surface area contributed by atoms with Crippen molar-refractivity contribution in [2.45, 2.75) is 19.5 Å². The highest BCUT2D eigenvalue weighted by molar-refractivity contribution is 5.35. The zero-order chi connectivity index (χ0) is 14.7. The van der Waals surface area contributed by atoms with Gasteiger partial charge in [-0.25, -0.2) is 4.98 Å². The van der Waals surface area contributed by atoms with E-state index in [0.717, 1.165) is 11.5 Å². The van der Waals surface area contributed by atoms with Crippen molar-refractivity contribution in [1.29, 1.82) is 0 Å². The Morgan fingerprint density at radius 1 is 1.19 bits per heavy atom. The van der Waals surface area contributed by atoms with Crippen molar-refractivity contribution < 1.29 is 0 Å². The molecule has 0 spiro atoms. The number of hydrogen-bond acceptors (Lipinski definition) is 4. The molecular weight excluding hydrogens is 264 g/mol. The zero-order valence-electron chi connectivity index (χ0n) is 12.1. The minimum absolute atomic E-state index is 0.249. The molecule has 0 saturated carbocycles. The van der Waals surface area contributed by atoms with E-state index in [1.165, 1.54) is 5.56 Å². The molecule has 6 heteroatoms. The van der Waals surface area contributed by atoms with E-state index in [1.807, 2.05) is 22.4 Å². The van der Waals surface area contributed by atoms with E-state index in [4.69, 9.17) is 0 Å². The minimum atomic E-state index is 0.249. The van der Waals surface area contributed by atoms with Gasteiger partial charge in [-0.2, -0.15) is 0 Å². The number of hydrogen-bond donors (Lipinski definition) is 1. The minimum Gasteiger partial charge on any atom is -0.320 e. The summed E-state index contributed by atoms with van der Waals surface area (Å²) in [6, 6.07) is 8.70. The molecule has 2 heterocycles. The van der Waals surface area contributed by atoms with Crippen LogP contribution in [0.3, 0.4) is 0 Å². The van der Waals surface area contributed by atoms with Gasteiger partial charge in [0.1, 0.15) is 12.2 Å². The van der Waals surface area contributed by atoms with E-state index >= 15 is 0 Å². The molecule has 0 saturated heterocycles. The highest BCUT2D eigenvalue weighted by atomic mass is 15.3. The van der Waals surface area contributed by atoms with E-state index in [2.05, 4.69) is 51.7 Å². The molecule has 0 aliphatic carbocycles. The van der Waals surface area contributed by atoms with E-state index in [-0.39, 0.29) is 6.04 Å². The van der Waals surface area contributed by atoms with Gasteiger partial charge in [-0.05, 0) is 24.6 Å². The van der Waals surface area contributed by atoms with Gasteiger partial charge in [0.15, 0.2) is 0 Å². The Bertz CT molecular complexity index is 683.